The quantitative estimate of drug-likeness (QED) is 0.826. The van der Waals surface area contributed by atoms with E-state index in [1.54, 1.807) is 10.7 Å². The van der Waals surface area contributed by atoms with Gasteiger partial charge in [0.1, 0.15) is 0 Å². The Hall–Kier alpha value is -1.13. The van der Waals surface area contributed by atoms with Crippen LogP contribution in [0.1, 0.15) is 31.0 Å². The van der Waals surface area contributed by atoms with Gasteiger partial charge in [0.25, 0.3) is 0 Å². The fourth-order valence-electron chi connectivity index (χ4n) is 2.18. The van der Waals surface area contributed by atoms with E-state index in [2.05, 4.69) is 15.4 Å². The Morgan fingerprint density at radius 1 is 1.44 bits per heavy atom. The fourth-order valence-corrected chi connectivity index (χ4v) is 2.49. The molecule has 2 aromatic heterocycles. The van der Waals surface area contributed by atoms with Crippen LogP contribution in [0.4, 0.5) is 0 Å². The minimum Gasteiger partial charge on any atom is -0.309 e. The zero-order valence-corrected chi connectivity index (χ0v) is 9.61. The van der Waals surface area contributed by atoms with Gasteiger partial charge in [-0.2, -0.15) is 5.10 Å². The highest BCUT2D eigenvalue weighted by atomic mass is 35.5. The van der Waals surface area contributed by atoms with Crippen LogP contribution in [0.5, 0.6) is 0 Å². The molecular formula is C11H13ClN4. The smallest absolute Gasteiger partial charge is 0.156 e. The summed E-state index contributed by atoms with van der Waals surface area (Å²) in [6.45, 7) is 1.04. The number of rotatable bonds is 1. The predicted molar refractivity (Wildman–Crippen MR) is 62.6 cm³/mol. The third kappa shape index (κ3) is 1.58. The molecule has 2 aromatic rings. The predicted octanol–water partition coefficient (Wildman–Crippen LogP) is 2.20. The van der Waals surface area contributed by atoms with Gasteiger partial charge in [0, 0.05) is 6.20 Å². The molecule has 1 atom stereocenters. The van der Waals surface area contributed by atoms with Gasteiger partial charge in [0.15, 0.2) is 10.8 Å². The van der Waals surface area contributed by atoms with Crippen LogP contribution >= 0.6 is 11.6 Å². The first kappa shape index (κ1) is 10.1. The van der Waals surface area contributed by atoms with Crippen LogP contribution in [0.15, 0.2) is 18.3 Å². The van der Waals surface area contributed by atoms with E-state index in [0.717, 1.165) is 24.3 Å². The summed E-state index contributed by atoms with van der Waals surface area (Å²) in [5.74, 6) is 0. The second-order valence-corrected chi connectivity index (χ2v) is 4.44. The van der Waals surface area contributed by atoms with Crippen LogP contribution in [0, 0.1) is 0 Å². The molecule has 0 amide bonds. The van der Waals surface area contributed by atoms with Crippen molar-refractivity contribution in [2.75, 3.05) is 6.54 Å². The summed E-state index contributed by atoms with van der Waals surface area (Å²) in [6, 6.07) is 4.07. The molecule has 1 saturated heterocycles. The number of imidazole rings is 1. The lowest BCUT2D eigenvalue weighted by Gasteiger charge is -2.21. The number of nitrogens with zero attached hydrogens (tertiary/aromatic N) is 3. The molecule has 5 heteroatoms. The zero-order chi connectivity index (χ0) is 11.0. The fraction of sp³-hybridized carbons (Fsp3) is 0.455. The number of aromatic nitrogens is 3. The molecule has 0 aliphatic carbocycles. The molecule has 3 rings (SSSR count). The summed E-state index contributed by atoms with van der Waals surface area (Å²) in [7, 11) is 0. The molecule has 1 aliphatic heterocycles. The van der Waals surface area contributed by atoms with Crippen LogP contribution in [-0.4, -0.2) is 21.1 Å². The standard InChI is InChI=1S/C11H13ClN4/c12-11-10(8-4-1-2-6-13-8)15-9-5-3-7-14-16(9)11/h3,5,7-8,13H,1-2,4,6H2. The molecule has 0 radical (unpaired) electrons. The van der Waals surface area contributed by atoms with Crippen molar-refractivity contribution < 1.29 is 0 Å². The van der Waals surface area contributed by atoms with Crippen molar-refractivity contribution in [3.63, 3.8) is 0 Å². The number of hydrogen-bond donors (Lipinski definition) is 1. The average molecular weight is 237 g/mol. The summed E-state index contributed by atoms with van der Waals surface area (Å²) in [4.78, 5) is 4.54. The molecule has 0 saturated carbocycles. The van der Waals surface area contributed by atoms with Crippen LogP contribution in [-0.2, 0) is 0 Å². The average Bonchev–Trinajstić information content (AvgIpc) is 2.69. The summed E-state index contributed by atoms with van der Waals surface area (Å²) in [5.41, 5.74) is 1.75. The second-order valence-electron chi connectivity index (χ2n) is 4.08. The molecule has 1 fully saturated rings. The van der Waals surface area contributed by atoms with Gasteiger partial charge in [0.2, 0.25) is 0 Å². The third-order valence-corrected chi connectivity index (χ3v) is 3.36. The highest BCUT2D eigenvalue weighted by Crippen LogP contribution is 2.28. The maximum absolute atomic E-state index is 6.29. The third-order valence-electron chi connectivity index (χ3n) is 3.00. The number of piperidine rings is 1. The first-order valence-corrected chi connectivity index (χ1v) is 5.96. The van der Waals surface area contributed by atoms with Crippen LogP contribution in [0.3, 0.4) is 0 Å². The topological polar surface area (TPSA) is 42.2 Å². The van der Waals surface area contributed by atoms with Gasteiger partial charge >= 0.3 is 0 Å². The second kappa shape index (κ2) is 4.03. The van der Waals surface area contributed by atoms with E-state index < -0.39 is 0 Å². The first-order chi connectivity index (χ1) is 7.86. The van der Waals surface area contributed by atoms with Gasteiger partial charge in [-0.3, -0.25) is 0 Å². The molecular weight excluding hydrogens is 224 g/mol. The summed E-state index contributed by atoms with van der Waals surface area (Å²) < 4.78 is 1.69. The Morgan fingerprint density at radius 2 is 2.38 bits per heavy atom. The highest BCUT2D eigenvalue weighted by Gasteiger charge is 2.22. The van der Waals surface area contributed by atoms with Crippen molar-refractivity contribution in [3.8, 4) is 0 Å². The van der Waals surface area contributed by atoms with Crippen molar-refractivity contribution in [1.82, 2.24) is 19.9 Å². The molecule has 1 aliphatic rings. The minimum absolute atomic E-state index is 0.281. The van der Waals surface area contributed by atoms with E-state index in [1.807, 2.05) is 12.1 Å². The van der Waals surface area contributed by atoms with Gasteiger partial charge in [0.05, 0.1) is 11.7 Å². The van der Waals surface area contributed by atoms with Crippen LogP contribution < -0.4 is 5.32 Å². The van der Waals surface area contributed by atoms with Gasteiger partial charge < -0.3 is 5.32 Å². The molecule has 0 aromatic carbocycles. The van der Waals surface area contributed by atoms with Crippen LogP contribution in [0.2, 0.25) is 5.15 Å². The largest absolute Gasteiger partial charge is 0.309 e. The van der Waals surface area contributed by atoms with Crippen molar-refractivity contribution in [2.24, 2.45) is 0 Å². The molecule has 84 valence electrons. The Morgan fingerprint density at radius 3 is 3.12 bits per heavy atom. The highest BCUT2D eigenvalue weighted by molar-refractivity contribution is 6.30. The van der Waals surface area contributed by atoms with E-state index in [-0.39, 0.29) is 6.04 Å². The molecule has 16 heavy (non-hydrogen) atoms. The van der Waals surface area contributed by atoms with E-state index in [1.165, 1.54) is 12.8 Å². The Bertz CT molecular complexity index is 502. The summed E-state index contributed by atoms with van der Waals surface area (Å²) >= 11 is 6.29. The molecule has 0 bridgehead atoms. The normalized spacial score (nSPS) is 21.4. The number of halogens is 1. The lowest BCUT2D eigenvalue weighted by Crippen LogP contribution is -2.27. The van der Waals surface area contributed by atoms with Gasteiger partial charge in [-0.05, 0) is 31.5 Å². The van der Waals surface area contributed by atoms with E-state index in [0.29, 0.717) is 5.15 Å². The molecule has 3 heterocycles. The summed E-state index contributed by atoms with van der Waals surface area (Å²) in [5, 5.41) is 8.27. The lowest BCUT2D eigenvalue weighted by molar-refractivity contribution is 0.406. The van der Waals surface area contributed by atoms with E-state index in [9.17, 15) is 0 Å². The maximum Gasteiger partial charge on any atom is 0.156 e. The Balaban J connectivity index is 2.05. The minimum atomic E-state index is 0.281. The van der Waals surface area contributed by atoms with Crippen LogP contribution in [0.25, 0.3) is 5.65 Å². The number of fused-ring (bicyclic) bond motifs is 1. The Labute approximate surface area is 98.6 Å². The zero-order valence-electron chi connectivity index (χ0n) is 8.86. The number of hydrogen-bond acceptors (Lipinski definition) is 3. The van der Waals surface area contributed by atoms with Gasteiger partial charge in [-0.15, -0.1) is 0 Å². The van der Waals surface area contributed by atoms with Crippen molar-refractivity contribution in [1.29, 1.82) is 0 Å². The Kier molecular flexibility index (Phi) is 2.53. The molecule has 1 unspecified atom stereocenters. The monoisotopic (exact) mass is 236 g/mol. The van der Waals surface area contributed by atoms with Crippen molar-refractivity contribution >= 4 is 17.2 Å². The SMILES string of the molecule is Clc1c(C2CCCCN2)nc2cccnn12. The molecule has 0 spiro atoms. The van der Waals surface area contributed by atoms with E-state index in [4.69, 9.17) is 11.6 Å². The molecule has 4 nitrogen and oxygen atoms in total. The lowest BCUT2D eigenvalue weighted by atomic mass is 10.0. The maximum atomic E-state index is 6.29. The van der Waals surface area contributed by atoms with Crippen molar-refractivity contribution in [2.45, 2.75) is 25.3 Å². The van der Waals surface area contributed by atoms with E-state index >= 15 is 0 Å². The van der Waals surface area contributed by atoms with Crippen molar-refractivity contribution in [3.05, 3.63) is 29.2 Å². The van der Waals surface area contributed by atoms with Gasteiger partial charge in [-0.25, -0.2) is 9.50 Å². The van der Waals surface area contributed by atoms with Gasteiger partial charge in [-0.1, -0.05) is 18.0 Å². The summed E-state index contributed by atoms with van der Waals surface area (Å²) in [6.07, 6.45) is 5.29. The first-order valence-electron chi connectivity index (χ1n) is 5.59. The number of nitrogens with one attached hydrogen (secondary N) is 1. The molecule has 1 N–H and O–H groups in total.